The summed E-state index contributed by atoms with van der Waals surface area (Å²) in [5, 5.41) is 2.26. The molecule has 5 rings (SSSR count). The number of halogens is 4. The average molecular weight is 852 g/mol. The zero-order chi connectivity index (χ0) is 22.1. The first-order valence-electron chi connectivity index (χ1n) is 9.07. The molecule has 0 atom stereocenters. The maximum absolute atomic E-state index is 4.88. The SMILES string of the molecule is II.[Cl][Pt][Cl].c1ccc(-c2ccnc3c2ccc2c(-c4ccccc4)ccnc23)cc1. The van der Waals surface area contributed by atoms with Gasteiger partial charge in [0, 0.05) is 60.4 Å². The molecule has 0 spiro atoms. The van der Waals surface area contributed by atoms with Crippen molar-refractivity contribution >= 4 is 77.9 Å². The second-order valence-electron chi connectivity index (χ2n) is 6.35. The molecule has 0 unspecified atom stereocenters. The fourth-order valence-electron chi connectivity index (χ4n) is 3.57. The quantitative estimate of drug-likeness (QED) is 0.131. The molecule has 0 radical (unpaired) electrons. The Morgan fingerprint density at radius 2 is 0.903 bits per heavy atom. The summed E-state index contributed by atoms with van der Waals surface area (Å²) in [6.45, 7) is 0. The number of benzene rings is 3. The van der Waals surface area contributed by atoms with Gasteiger partial charge < -0.3 is 0 Å². The predicted molar refractivity (Wildman–Crippen MR) is 148 cm³/mol. The maximum atomic E-state index is 4.88. The number of pyridine rings is 2. The Morgan fingerprint density at radius 3 is 1.26 bits per heavy atom. The van der Waals surface area contributed by atoms with Gasteiger partial charge in [-0.2, -0.15) is 0 Å². The summed E-state index contributed by atoms with van der Waals surface area (Å²) in [5.74, 6) is 0. The molecule has 5 aromatic rings. The predicted octanol–water partition coefficient (Wildman–Crippen LogP) is 9.26. The van der Waals surface area contributed by atoms with E-state index in [0.29, 0.717) is 0 Å². The van der Waals surface area contributed by atoms with Crippen LogP contribution in [0.25, 0.3) is 44.1 Å². The van der Waals surface area contributed by atoms with Crippen LogP contribution in [0, 0.1) is 0 Å². The average Bonchev–Trinajstić information content (AvgIpc) is 2.86. The summed E-state index contributed by atoms with van der Waals surface area (Å²) in [6.07, 6.45) is 3.75. The van der Waals surface area contributed by atoms with E-state index in [-0.39, 0.29) is 0 Å². The zero-order valence-electron chi connectivity index (χ0n) is 16.0. The number of fused-ring (bicyclic) bond motifs is 3. The van der Waals surface area contributed by atoms with Gasteiger partial charge in [0.2, 0.25) is 0 Å². The molecule has 2 nitrogen and oxygen atoms in total. The topological polar surface area (TPSA) is 25.8 Å². The third-order valence-corrected chi connectivity index (χ3v) is 4.79. The summed E-state index contributed by atoms with van der Waals surface area (Å²) in [6, 6.07) is 29.3. The van der Waals surface area contributed by atoms with Gasteiger partial charge in [0.15, 0.2) is 0 Å². The summed E-state index contributed by atoms with van der Waals surface area (Å²) >= 11 is 3.77. The molecule has 0 N–H and O–H groups in total. The Bertz CT molecular complexity index is 1160. The molecule has 2 heterocycles. The van der Waals surface area contributed by atoms with Gasteiger partial charge in [0.1, 0.15) is 0 Å². The number of aromatic nitrogens is 2. The van der Waals surface area contributed by atoms with Crippen LogP contribution in [0.3, 0.4) is 0 Å². The van der Waals surface area contributed by atoms with E-state index < -0.39 is 16.5 Å². The second kappa shape index (κ2) is 13.0. The number of hydrogen-bond acceptors (Lipinski definition) is 2. The largest absolute Gasteiger partial charge is 0.254 e. The first-order chi connectivity index (χ1) is 15.3. The van der Waals surface area contributed by atoms with Gasteiger partial charge in [-0.3, -0.25) is 9.97 Å². The zero-order valence-corrected chi connectivity index (χ0v) is 24.1. The molecule has 2 aromatic heterocycles. The van der Waals surface area contributed by atoms with Crippen molar-refractivity contribution in [3.8, 4) is 22.3 Å². The third kappa shape index (κ3) is 5.96. The van der Waals surface area contributed by atoms with Crippen LogP contribution in [0.5, 0.6) is 0 Å². The fraction of sp³-hybridized carbons (Fsp3) is 0. The smallest absolute Gasteiger partial charge is 0.0970 e. The molecule has 3 aromatic carbocycles. The van der Waals surface area contributed by atoms with Crippen LogP contribution in [0.2, 0.25) is 0 Å². The maximum Gasteiger partial charge on any atom is 0.0970 e. The van der Waals surface area contributed by atoms with Crippen LogP contribution in [0.4, 0.5) is 0 Å². The molecule has 160 valence electrons. The number of rotatable bonds is 2. The normalized spacial score (nSPS) is 10.2. The molecule has 31 heavy (non-hydrogen) atoms. The monoisotopic (exact) mass is 851 g/mol. The Balaban J connectivity index is 0.000000504. The fourth-order valence-corrected chi connectivity index (χ4v) is 3.57. The molecule has 0 aliphatic carbocycles. The van der Waals surface area contributed by atoms with E-state index in [1.54, 1.807) is 0 Å². The summed E-state index contributed by atoms with van der Waals surface area (Å²) < 4.78 is 0. The minimum absolute atomic E-state index is 0.472. The summed E-state index contributed by atoms with van der Waals surface area (Å²) in [7, 11) is 9.75. The van der Waals surface area contributed by atoms with Gasteiger partial charge in [-0.05, 0) is 34.4 Å². The van der Waals surface area contributed by atoms with Crippen molar-refractivity contribution in [3.63, 3.8) is 0 Å². The van der Waals surface area contributed by atoms with Crippen molar-refractivity contribution in [2.24, 2.45) is 0 Å². The van der Waals surface area contributed by atoms with Crippen molar-refractivity contribution < 1.29 is 16.5 Å². The van der Waals surface area contributed by atoms with E-state index in [4.69, 9.17) is 18.8 Å². The van der Waals surface area contributed by atoms with Crippen molar-refractivity contribution in [2.75, 3.05) is 0 Å². The van der Waals surface area contributed by atoms with Gasteiger partial charge in [0.05, 0.1) is 11.0 Å². The van der Waals surface area contributed by atoms with E-state index in [1.807, 2.05) is 24.5 Å². The van der Waals surface area contributed by atoms with Gasteiger partial charge >= 0.3 is 35.3 Å². The molecule has 7 heteroatoms. The number of nitrogens with zero attached hydrogens (tertiary/aromatic N) is 2. The minimum atomic E-state index is -0.472. The van der Waals surface area contributed by atoms with E-state index in [1.165, 1.54) is 22.3 Å². The molecule has 0 amide bonds. The van der Waals surface area contributed by atoms with Gasteiger partial charge in [0.25, 0.3) is 0 Å². The molecule has 0 aliphatic rings. The first-order valence-corrected chi connectivity index (χ1v) is 21.0. The Labute approximate surface area is 221 Å². The van der Waals surface area contributed by atoms with Crippen LogP contribution in [0.15, 0.2) is 97.3 Å². The third-order valence-electron chi connectivity index (χ3n) is 4.79. The Morgan fingerprint density at radius 1 is 0.548 bits per heavy atom. The Kier molecular flexibility index (Phi) is 10.5. The van der Waals surface area contributed by atoms with Crippen LogP contribution in [-0.2, 0) is 16.5 Å². The van der Waals surface area contributed by atoms with Crippen LogP contribution >= 0.6 is 56.1 Å². The van der Waals surface area contributed by atoms with Crippen LogP contribution < -0.4 is 0 Å². The summed E-state index contributed by atoms with van der Waals surface area (Å²) in [4.78, 5) is 9.34. The number of hydrogen-bond donors (Lipinski definition) is 0. The Hall–Kier alpha value is -0.792. The van der Waals surface area contributed by atoms with Gasteiger partial charge in [-0.15, -0.1) is 0 Å². The molecular weight excluding hydrogens is 836 g/mol. The van der Waals surface area contributed by atoms with E-state index in [2.05, 4.69) is 120 Å². The first kappa shape index (κ1) is 24.8. The van der Waals surface area contributed by atoms with E-state index >= 15 is 0 Å². The van der Waals surface area contributed by atoms with E-state index in [0.717, 1.165) is 21.8 Å². The van der Waals surface area contributed by atoms with Crippen LogP contribution in [0.1, 0.15) is 0 Å². The van der Waals surface area contributed by atoms with Crippen molar-refractivity contribution in [2.45, 2.75) is 0 Å². The van der Waals surface area contributed by atoms with Crippen molar-refractivity contribution in [3.05, 3.63) is 97.3 Å². The van der Waals surface area contributed by atoms with Crippen molar-refractivity contribution in [1.29, 1.82) is 0 Å². The molecule has 0 saturated carbocycles. The summed E-state index contributed by atoms with van der Waals surface area (Å²) in [5.41, 5.74) is 6.65. The molecule has 0 saturated heterocycles. The van der Waals surface area contributed by atoms with Gasteiger partial charge in [-0.1, -0.05) is 72.8 Å². The van der Waals surface area contributed by atoms with Crippen molar-refractivity contribution in [1.82, 2.24) is 9.97 Å². The van der Waals surface area contributed by atoms with Gasteiger partial charge in [-0.25, -0.2) is 0 Å². The standard InChI is InChI=1S/C24H16N2.2ClH.I2.Pt/c1-3-7-17(8-4-1)19-13-15-25-23-21(19)11-12-22-20(14-16-26-24(22)23)18-9-5-2-6-10-18;;;1-2;/h1-16H;2*1H;;/q;;;;+2/p-2. The molecule has 0 aliphatic heterocycles. The molecular formula is C24H16Cl2I2N2Pt. The van der Waals surface area contributed by atoms with Crippen LogP contribution in [-0.4, -0.2) is 9.97 Å². The van der Waals surface area contributed by atoms with E-state index in [9.17, 15) is 0 Å². The minimum Gasteiger partial charge on any atom is -0.254 e. The molecule has 0 bridgehead atoms. The molecule has 0 fully saturated rings. The second-order valence-corrected chi connectivity index (χ2v) is 9.63.